The van der Waals surface area contributed by atoms with Crippen LogP contribution < -0.4 is 4.46 Å². The average Bonchev–Trinajstić information content (AvgIpc) is 2.60. The molecule has 2 rings (SSSR count). The van der Waals surface area contributed by atoms with Crippen LogP contribution in [0.3, 0.4) is 0 Å². The van der Waals surface area contributed by atoms with Gasteiger partial charge in [0.2, 0.25) is 0 Å². The van der Waals surface area contributed by atoms with Crippen molar-refractivity contribution < 1.29 is 4.74 Å². The van der Waals surface area contributed by atoms with Crippen LogP contribution in [0.15, 0.2) is 30.3 Å². The van der Waals surface area contributed by atoms with Gasteiger partial charge in [-0.15, -0.1) is 0 Å². The second-order valence-corrected chi connectivity index (χ2v) is 9.55. The summed E-state index contributed by atoms with van der Waals surface area (Å²) < 4.78 is 7.95. The zero-order valence-electron chi connectivity index (χ0n) is 11.2. The third kappa shape index (κ3) is 3.34. The molecule has 1 nitrogen and oxygen atoms in total. The van der Waals surface area contributed by atoms with Crippen LogP contribution in [0.25, 0.3) is 0 Å². The summed E-state index contributed by atoms with van der Waals surface area (Å²) in [6, 6.07) is 10.8. The molecule has 1 unspecified atom stereocenters. The zero-order valence-corrected chi connectivity index (χ0v) is 12.9. The van der Waals surface area contributed by atoms with Gasteiger partial charge in [-0.2, -0.15) is 0 Å². The van der Waals surface area contributed by atoms with E-state index in [2.05, 4.69) is 58.0 Å². The molecule has 1 aromatic rings. The first kappa shape index (κ1) is 13.1. The van der Waals surface area contributed by atoms with Crippen molar-refractivity contribution in [2.24, 2.45) is 0 Å². The topological polar surface area (TPSA) is 9.23 Å². The van der Waals surface area contributed by atoms with Gasteiger partial charge in [0.15, 0.2) is 0 Å². The Morgan fingerprint density at radius 1 is 1.24 bits per heavy atom. The summed E-state index contributed by atoms with van der Waals surface area (Å²) in [6.45, 7) is 9.12. The summed E-state index contributed by atoms with van der Waals surface area (Å²) in [4.78, 5) is 0. The Morgan fingerprint density at radius 3 is 2.41 bits per heavy atom. The molecule has 1 fully saturated rings. The zero-order chi connectivity index (χ0) is 12.5. The Labute approximate surface area is 111 Å². The fourth-order valence-electron chi connectivity index (χ4n) is 2.33. The molecule has 1 aliphatic heterocycles. The van der Waals surface area contributed by atoms with Crippen molar-refractivity contribution in [2.75, 3.05) is 0 Å². The molecule has 0 saturated carbocycles. The summed E-state index contributed by atoms with van der Waals surface area (Å²) in [5.41, 5.74) is 0.0781. The van der Waals surface area contributed by atoms with Crippen molar-refractivity contribution in [2.45, 2.75) is 56.6 Å². The second kappa shape index (κ2) is 4.76. The van der Waals surface area contributed by atoms with Crippen LogP contribution in [0.1, 0.15) is 40.5 Å². The van der Waals surface area contributed by atoms with E-state index in [4.69, 9.17) is 4.74 Å². The fourth-order valence-corrected chi connectivity index (χ4v) is 4.84. The van der Waals surface area contributed by atoms with Crippen LogP contribution in [-0.2, 0) is 4.74 Å². The number of hydrogen-bond acceptors (Lipinski definition) is 1. The summed E-state index contributed by atoms with van der Waals surface area (Å²) in [5, 5.41) is 0. The van der Waals surface area contributed by atoms with Gasteiger partial charge in [-0.25, -0.2) is 0 Å². The van der Waals surface area contributed by atoms with E-state index < -0.39 is 0 Å². The van der Waals surface area contributed by atoms with Crippen LogP contribution in [0, 0.1) is 0 Å². The molecule has 1 aromatic carbocycles. The van der Waals surface area contributed by atoms with Gasteiger partial charge < -0.3 is 0 Å². The van der Waals surface area contributed by atoms with E-state index in [1.54, 1.807) is 0 Å². The molecule has 2 heteroatoms. The van der Waals surface area contributed by atoms with Gasteiger partial charge in [-0.3, -0.25) is 0 Å². The maximum absolute atomic E-state index is 6.20. The minimum absolute atomic E-state index is 0.0781. The molecule has 0 amide bonds. The Bertz CT molecular complexity index is 370. The maximum atomic E-state index is 6.20. The van der Waals surface area contributed by atoms with Crippen molar-refractivity contribution in [3.8, 4) is 0 Å². The predicted molar refractivity (Wildman–Crippen MR) is 74.1 cm³/mol. The standard InChI is InChI=1S/C15H22OSe/c1-14(2)11-10-13(16-14)15(3,4)17-12-8-6-5-7-9-12/h5-9,13H,10-11H2,1-4H3. The van der Waals surface area contributed by atoms with E-state index in [-0.39, 0.29) is 9.91 Å². The first-order chi connectivity index (χ1) is 7.89. The molecule has 0 spiro atoms. The molecular weight excluding hydrogens is 275 g/mol. The van der Waals surface area contributed by atoms with Crippen molar-refractivity contribution in [3.05, 3.63) is 30.3 Å². The van der Waals surface area contributed by atoms with Gasteiger partial charge in [0.1, 0.15) is 0 Å². The fraction of sp³-hybridized carbons (Fsp3) is 0.600. The molecule has 94 valence electrons. The number of ether oxygens (including phenoxy) is 1. The Morgan fingerprint density at radius 2 is 1.88 bits per heavy atom. The summed E-state index contributed by atoms with van der Waals surface area (Å²) in [7, 11) is 0. The first-order valence-corrected chi connectivity index (χ1v) is 8.02. The van der Waals surface area contributed by atoms with E-state index in [0.29, 0.717) is 21.1 Å². The second-order valence-electron chi connectivity index (χ2n) is 5.92. The molecular formula is C15H22OSe. The predicted octanol–water partition coefficient (Wildman–Crippen LogP) is 3.17. The molecule has 0 aromatic heterocycles. The van der Waals surface area contributed by atoms with Crippen molar-refractivity contribution in [3.63, 3.8) is 0 Å². The van der Waals surface area contributed by atoms with Gasteiger partial charge in [0.25, 0.3) is 0 Å². The van der Waals surface area contributed by atoms with Crippen LogP contribution in [-0.4, -0.2) is 26.7 Å². The van der Waals surface area contributed by atoms with Crippen LogP contribution in [0.5, 0.6) is 0 Å². The van der Waals surface area contributed by atoms with Crippen molar-refractivity contribution in [1.82, 2.24) is 0 Å². The Balaban J connectivity index is 2.05. The molecule has 1 atom stereocenters. The number of rotatable bonds is 3. The Hall–Kier alpha value is -0.301. The van der Waals surface area contributed by atoms with Gasteiger partial charge in [0, 0.05) is 0 Å². The SMILES string of the molecule is CC1(C)CCC(C(C)(C)[Se]c2ccccc2)O1. The van der Waals surface area contributed by atoms with Gasteiger partial charge in [0.05, 0.1) is 0 Å². The van der Waals surface area contributed by atoms with Gasteiger partial charge in [-0.05, 0) is 0 Å². The number of hydrogen-bond donors (Lipinski definition) is 0. The molecule has 1 aliphatic rings. The average molecular weight is 297 g/mol. The van der Waals surface area contributed by atoms with E-state index in [1.165, 1.54) is 17.3 Å². The monoisotopic (exact) mass is 298 g/mol. The normalized spacial score (nSPS) is 23.9. The van der Waals surface area contributed by atoms with Crippen molar-refractivity contribution >= 4 is 19.4 Å². The minimum atomic E-state index is 0.0781. The third-order valence-electron chi connectivity index (χ3n) is 3.37. The van der Waals surface area contributed by atoms with Gasteiger partial charge in [-0.1, -0.05) is 0 Å². The summed E-state index contributed by atoms with van der Waals surface area (Å²) in [6.07, 6.45) is 2.80. The molecule has 17 heavy (non-hydrogen) atoms. The summed E-state index contributed by atoms with van der Waals surface area (Å²) >= 11 is 0.472. The molecule has 1 heterocycles. The molecule has 0 bridgehead atoms. The van der Waals surface area contributed by atoms with Crippen molar-refractivity contribution in [1.29, 1.82) is 0 Å². The quantitative estimate of drug-likeness (QED) is 0.779. The molecule has 0 aliphatic carbocycles. The first-order valence-electron chi connectivity index (χ1n) is 6.31. The van der Waals surface area contributed by atoms with E-state index in [9.17, 15) is 0 Å². The van der Waals surface area contributed by atoms with Gasteiger partial charge >= 0.3 is 111 Å². The van der Waals surface area contributed by atoms with E-state index in [0.717, 1.165) is 0 Å². The molecule has 0 N–H and O–H groups in total. The number of benzene rings is 1. The van der Waals surface area contributed by atoms with E-state index >= 15 is 0 Å². The van der Waals surface area contributed by atoms with Crippen LogP contribution in [0.4, 0.5) is 0 Å². The third-order valence-corrected chi connectivity index (χ3v) is 6.09. The molecule has 0 radical (unpaired) electrons. The Kier molecular flexibility index (Phi) is 3.68. The summed E-state index contributed by atoms with van der Waals surface area (Å²) in [5.74, 6) is 0. The molecule has 1 saturated heterocycles. The van der Waals surface area contributed by atoms with Crippen LogP contribution >= 0.6 is 0 Å². The van der Waals surface area contributed by atoms with Crippen LogP contribution in [0.2, 0.25) is 4.31 Å². The van der Waals surface area contributed by atoms with E-state index in [1.807, 2.05) is 0 Å².